The molecule has 1 fully saturated rings. The van der Waals surface area contributed by atoms with Crippen LogP contribution in [0.5, 0.6) is 0 Å². The van der Waals surface area contributed by atoms with Crippen molar-refractivity contribution >= 4 is 0 Å². The first-order chi connectivity index (χ1) is 8.67. The SMILES string of the molecule is CCCn1ncnc1CC1(O)CCCC(OC)C1. The molecule has 1 heterocycles. The maximum absolute atomic E-state index is 10.7. The minimum atomic E-state index is -0.683. The van der Waals surface area contributed by atoms with Gasteiger partial charge < -0.3 is 9.84 Å². The average Bonchev–Trinajstić information content (AvgIpc) is 2.76. The van der Waals surface area contributed by atoms with Crippen LogP contribution < -0.4 is 0 Å². The molecule has 102 valence electrons. The smallest absolute Gasteiger partial charge is 0.138 e. The fraction of sp³-hybridized carbons (Fsp3) is 0.846. The predicted octanol–water partition coefficient (Wildman–Crippen LogP) is 1.55. The van der Waals surface area contributed by atoms with E-state index in [1.807, 2.05) is 4.68 Å². The lowest BCUT2D eigenvalue weighted by atomic mass is 9.80. The molecular weight excluding hydrogens is 230 g/mol. The van der Waals surface area contributed by atoms with Crippen molar-refractivity contribution in [1.82, 2.24) is 14.8 Å². The summed E-state index contributed by atoms with van der Waals surface area (Å²) in [6.07, 6.45) is 6.92. The molecule has 0 bridgehead atoms. The van der Waals surface area contributed by atoms with Gasteiger partial charge in [0, 0.05) is 26.5 Å². The molecule has 0 amide bonds. The van der Waals surface area contributed by atoms with E-state index < -0.39 is 5.60 Å². The molecule has 0 aromatic carbocycles. The molecule has 1 aliphatic carbocycles. The van der Waals surface area contributed by atoms with Crippen molar-refractivity contribution in [2.75, 3.05) is 7.11 Å². The molecule has 2 unspecified atom stereocenters. The fourth-order valence-electron chi connectivity index (χ4n) is 2.77. The summed E-state index contributed by atoms with van der Waals surface area (Å²) in [7, 11) is 1.72. The molecule has 1 N–H and O–H groups in total. The van der Waals surface area contributed by atoms with Crippen LogP contribution >= 0.6 is 0 Å². The van der Waals surface area contributed by atoms with Gasteiger partial charge in [0.2, 0.25) is 0 Å². The van der Waals surface area contributed by atoms with E-state index in [4.69, 9.17) is 4.74 Å². The van der Waals surface area contributed by atoms with Crippen LogP contribution in [-0.4, -0.2) is 38.7 Å². The molecule has 5 nitrogen and oxygen atoms in total. The maximum atomic E-state index is 10.7. The highest BCUT2D eigenvalue weighted by Crippen LogP contribution is 2.32. The number of hydrogen-bond donors (Lipinski definition) is 1. The van der Waals surface area contributed by atoms with E-state index in [2.05, 4.69) is 17.0 Å². The minimum absolute atomic E-state index is 0.172. The number of ether oxygens (including phenoxy) is 1. The number of nitrogens with zero attached hydrogens (tertiary/aromatic N) is 3. The van der Waals surface area contributed by atoms with Gasteiger partial charge in [-0.3, -0.25) is 4.68 Å². The molecule has 1 aliphatic rings. The monoisotopic (exact) mass is 253 g/mol. The Kier molecular flexibility index (Phi) is 4.35. The van der Waals surface area contributed by atoms with Crippen LogP contribution in [0.25, 0.3) is 0 Å². The first-order valence-electron chi connectivity index (χ1n) is 6.79. The Morgan fingerprint density at radius 3 is 3.17 bits per heavy atom. The molecule has 0 radical (unpaired) electrons. The highest BCUT2D eigenvalue weighted by Gasteiger charge is 2.35. The predicted molar refractivity (Wildman–Crippen MR) is 68.2 cm³/mol. The zero-order valence-electron chi connectivity index (χ0n) is 11.3. The third-order valence-corrected chi connectivity index (χ3v) is 3.73. The highest BCUT2D eigenvalue weighted by molar-refractivity contribution is 4.97. The van der Waals surface area contributed by atoms with Crippen molar-refractivity contribution in [2.24, 2.45) is 0 Å². The van der Waals surface area contributed by atoms with Gasteiger partial charge in [-0.05, 0) is 25.7 Å². The van der Waals surface area contributed by atoms with Gasteiger partial charge in [-0.1, -0.05) is 6.92 Å². The number of methoxy groups -OCH3 is 1. The van der Waals surface area contributed by atoms with Crippen molar-refractivity contribution in [3.8, 4) is 0 Å². The third-order valence-electron chi connectivity index (χ3n) is 3.73. The minimum Gasteiger partial charge on any atom is -0.389 e. The first kappa shape index (κ1) is 13.5. The number of aromatic nitrogens is 3. The molecule has 5 heteroatoms. The molecule has 1 saturated carbocycles. The summed E-state index contributed by atoms with van der Waals surface area (Å²) >= 11 is 0. The van der Waals surface area contributed by atoms with Crippen molar-refractivity contribution in [3.63, 3.8) is 0 Å². The normalized spacial score (nSPS) is 28.5. The van der Waals surface area contributed by atoms with Crippen molar-refractivity contribution in [1.29, 1.82) is 0 Å². The zero-order chi connectivity index (χ0) is 13.0. The van der Waals surface area contributed by atoms with Crippen LogP contribution in [0.15, 0.2) is 6.33 Å². The van der Waals surface area contributed by atoms with E-state index in [1.54, 1.807) is 13.4 Å². The molecule has 1 aromatic rings. The second-order valence-electron chi connectivity index (χ2n) is 5.25. The number of aliphatic hydroxyl groups is 1. The van der Waals surface area contributed by atoms with Crippen LogP contribution in [-0.2, 0) is 17.7 Å². The quantitative estimate of drug-likeness (QED) is 0.865. The van der Waals surface area contributed by atoms with E-state index in [0.29, 0.717) is 12.8 Å². The molecule has 2 atom stereocenters. The van der Waals surface area contributed by atoms with Crippen LogP contribution in [0.1, 0.15) is 44.9 Å². The topological polar surface area (TPSA) is 60.2 Å². The summed E-state index contributed by atoms with van der Waals surface area (Å²) < 4.78 is 7.28. The Morgan fingerprint density at radius 2 is 2.44 bits per heavy atom. The first-order valence-corrected chi connectivity index (χ1v) is 6.79. The molecule has 2 rings (SSSR count). The summed E-state index contributed by atoms with van der Waals surface area (Å²) in [5.41, 5.74) is -0.683. The average molecular weight is 253 g/mol. The van der Waals surface area contributed by atoms with Crippen LogP contribution in [0.2, 0.25) is 0 Å². The van der Waals surface area contributed by atoms with Gasteiger partial charge in [-0.2, -0.15) is 5.10 Å². The standard InChI is InChI=1S/C13H23N3O2/c1-3-7-16-12(14-10-15-16)9-13(17)6-4-5-11(8-13)18-2/h10-11,17H,3-9H2,1-2H3. The number of rotatable bonds is 5. The molecule has 0 aliphatic heterocycles. The summed E-state index contributed by atoms with van der Waals surface area (Å²) in [5.74, 6) is 0.885. The van der Waals surface area contributed by atoms with E-state index in [-0.39, 0.29) is 6.10 Å². The van der Waals surface area contributed by atoms with Crippen molar-refractivity contribution in [3.05, 3.63) is 12.2 Å². The molecule has 0 spiro atoms. The lowest BCUT2D eigenvalue weighted by Gasteiger charge is -2.35. The van der Waals surface area contributed by atoms with Gasteiger partial charge >= 0.3 is 0 Å². The maximum Gasteiger partial charge on any atom is 0.138 e. The number of aryl methyl sites for hydroxylation is 1. The Morgan fingerprint density at radius 1 is 1.61 bits per heavy atom. The summed E-state index contributed by atoms with van der Waals surface area (Å²) in [6.45, 7) is 2.97. The van der Waals surface area contributed by atoms with Gasteiger partial charge in [0.1, 0.15) is 12.2 Å². The molecule has 18 heavy (non-hydrogen) atoms. The summed E-state index contributed by atoms with van der Waals surface area (Å²) in [4.78, 5) is 4.28. The van der Waals surface area contributed by atoms with Gasteiger partial charge in [-0.25, -0.2) is 4.98 Å². The number of hydrogen-bond acceptors (Lipinski definition) is 4. The summed E-state index contributed by atoms with van der Waals surface area (Å²) in [5, 5.41) is 14.9. The lowest BCUT2D eigenvalue weighted by Crippen LogP contribution is -2.40. The van der Waals surface area contributed by atoms with Gasteiger partial charge in [-0.15, -0.1) is 0 Å². The van der Waals surface area contributed by atoms with Gasteiger partial charge in [0.25, 0.3) is 0 Å². The van der Waals surface area contributed by atoms with Gasteiger partial charge in [0.15, 0.2) is 0 Å². The fourth-order valence-corrected chi connectivity index (χ4v) is 2.77. The zero-order valence-corrected chi connectivity index (χ0v) is 11.3. The van der Waals surface area contributed by atoms with E-state index in [9.17, 15) is 5.11 Å². The van der Waals surface area contributed by atoms with Gasteiger partial charge in [0.05, 0.1) is 11.7 Å². The second kappa shape index (κ2) is 5.80. The van der Waals surface area contributed by atoms with Crippen LogP contribution in [0, 0.1) is 0 Å². The highest BCUT2D eigenvalue weighted by atomic mass is 16.5. The van der Waals surface area contributed by atoms with Crippen molar-refractivity contribution < 1.29 is 9.84 Å². The van der Waals surface area contributed by atoms with E-state index in [0.717, 1.165) is 38.1 Å². The molecular formula is C13H23N3O2. The largest absolute Gasteiger partial charge is 0.389 e. The third kappa shape index (κ3) is 3.09. The Hall–Kier alpha value is -0.940. The molecule has 0 saturated heterocycles. The van der Waals surface area contributed by atoms with E-state index >= 15 is 0 Å². The molecule has 1 aromatic heterocycles. The summed E-state index contributed by atoms with van der Waals surface area (Å²) in [6, 6.07) is 0. The second-order valence-corrected chi connectivity index (χ2v) is 5.25. The Balaban J connectivity index is 2.04. The van der Waals surface area contributed by atoms with Crippen molar-refractivity contribution in [2.45, 2.75) is 63.7 Å². The van der Waals surface area contributed by atoms with E-state index in [1.165, 1.54) is 0 Å². The lowest BCUT2D eigenvalue weighted by molar-refractivity contribution is -0.0596. The van der Waals surface area contributed by atoms with Crippen LogP contribution in [0.4, 0.5) is 0 Å². The Labute approximate surface area is 108 Å². The Bertz CT molecular complexity index is 380. The van der Waals surface area contributed by atoms with Crippen LogP contribution in [0.3, 0.4) is 0 Å².